The molecule has 2 fully saturated rings. The Morgan fingerprint density at radius 2 is 2.00 bits per heavy atom. The highest BCUT2D eigenvalue weighted by Crippen LogP contribution is 2.43. The van der Waals surface area contributed by atoms with Gasteiger partial charge in [0.05, 0.1) is 23.2 Å². The maximum Gasteiger partial charge on any atom is 0.162 e. The quantitative estimate of drug-likeness (QED) is 0.645. The zero-order chi connectivity index (χ0) is 20.7. The Morgan fingerprint density at radius 3 is 2.70 bits per heavy atom. The van der Waals surface area contributed by atoms with Crippen molar-refractivity contribution in [2.75, 3.05) is 25.5 Å². The molecule has 7 nitrogen and oxygen atoms in total. The Kier molecular flexibility index (Phi) is 4.81. The zero-order valence-electron chi connectivity index (χ0n) is 16.4. The molecule has 0 spiro atoms. The van der Waals surface area contributed by atoms with E-state index < -0.39 is 0 Å². The van der Waals surface area contributed by atoms with Gasteiger partial charge in [-0.1, -0.05) is 11.6 Å². The molecule has 1 saturated heterocycles. The summed E-state index contributed by atoms with van der Waals surface area (Å²) >= 11 is 6.17. The minimum Gasteiger partial charge on any atom is -0.493 e. The van der Waals surface area contributed by atoms with Crippen LogP contribution in [0.15, 0.2) is 36.7 Å². The maximum atomic E-state index is 9.07. The predicted molar refractivity (Wildman–Crippen MR) is 114 cm³/mol. The van der Waals surface area contributed by atoms with Crippen LogP contribution in [-0.2, 0) is 0 Å². The van der Waals surface area contributed by atoms with Gasteiger partial charge in [0.2, 0.25) is 0 Å². The summed E-state index contributed by atoms with van der Waals surface area (Å²) in [6.07, 6.45) is 2.91. The van der Waals surface area contributed by atoms with Gasteiger partial charge in [0.25, 0.3) is 0 Å². The second-order valence-electron chi connectivity index (χ2n) is 7.67. The largest absolute Gasteiger partial charge is 0.493 e. The number of piperidine rings is 2. The molecule has 30 heavy (non-hydrogen) atoms. The van der Waals surface area contributed by atoms with E-state index in [1.807, 2.05) is 12.1 Å². The van der Waals surface area contributed by atoms with Gasteiger partial charge in [0.1, 0.15) is 24.3 Å². The van der Waals surface area contributed by atoms with Crippen molar-refractivity contribution in [1.29, 1.82) is 5.26 Å². The summed E-state index contributed by atoms with van der Waals surface area (Å²) in [5, 5.41) is 17.0. The van der Waals surface area contributed by atoms with Crippen LogP contribution in [-0.4, -0.2) is 36.3 Å². The predicted octanol–water partition coefficient (Wildman–Crippen LogP) is 3.89. The summed E-state index contributed by atoms with van der Waals surface area (Å²) in [6.45, 7) is 1.98. The number of methoxy groups -OCH3 is 1. The Labute approximate surface area is 179 Å². The lowest BCUT2D eigenvalue weighted by molar-refractivity contribution is -0.0455. The monoisotopic (exact) mass is 421 g/mol. The average molecular weight is 422 g/mol. The maximum absolute atomic E-state index is 9.07. The molecule has 1 aliphatic heterocycles. The average Bonchev–Trinajstić information content (AvgIpc) is 2.77. The SMILES string of the molecule is COc1cc2ncnc(Nc3ccc(C#N)c(Cl)c3)c2cc1OC1[C@@H]2CNC[C@H]1C2. The van der Waals surface area contributed by atoms with Crippen LogP contribution in [0.1, 0.15) is 12.0 Å². The molecule has 5 rings (SSSR count). The van der Waals surface area contributed by atoms with Gasteiger partial charge in [-0.05, 0) is 30.7 Å². The van der Waals surface area contributed by atoms with Crippen molar-refractivity contribution in [3.8, 4) is 17.6 Å². The van der Waals surface area contributed by atoms with E-state index in [0.29, 0.717) is 39.7 Å². The minimum atomic E-state index is 0.205. The normalized spacial score (nSPS) is 22.1. The molecule has 3 atom stereocenters. The Hall–Kier alpha value is -3.08. The van der Waals surface area contributed by atoms with E-state index in [-0.39, 0.29) is 6.10 Å². The van der Waals surface area contributed by atoms with E-state index in [0.717, 1.165) is 29.7 Å². The highest BCUT2D eigenvalue weighted by molar-refractivity contribution is 6.32. The summed E-state index contributed by atoms with van der Waals surface area (Å²) in [5.41, 5.74) is 1.90. The number of hydrogen-bond acceptors (Lipinski definition) is 7. The van der Waals surface area contributed by atoms with E-state index >= 15 is 0 Å². The third-order valence-electron chi connectivity index (χ3n) is 5.88. The smallest absolute Gasteiger partial charge is 0.162 e. The van der Waals surface area contributed by atoms with Crippen molar-refractivity contribution in [2.24, 2.45) is 11.8 Å². The summed E-state index contributed by atoms with van der Waals surface area (Å²) < 4.78 is 12.0. The van der Waals surface area contributed by atoms with E-state index in [2.05, 4.69) is 26.7 Å². The van der Waals surface area contributed by atoms with Crippen molar-refractivity contribution in [2.45, 2.75) is 12.5 Å². The first-order valence-corrected chi connectivity index (χ1v) is 10.2. The molecule has 2 N–H and O–H groups in total. The third kappa shape index (κ3) is 3.28. The van der Waals surface area contributed by atoms with E-state index in [9.17, 15) is 0 Å². The zero-order valence-corrected chi connectivity index (χ0v) is 17.1. The van der Waals surface area contributed by atoms with Gasteiger partial charge in [0.15, 0.2) is 11.5 Å². The number of rotatable bonds is 5. The molecule has 2 aliphatic rings. The van der Waals surface area contributed by atoms with Crippen LogP contribution in [0.3, 0.4) is 0 Å². The van der Waals surface area contributed by atoms with Crippen molar-refractivity contribution >= 4 is 34.0 Å². The van der Waals surface area contributed by atoms with Gasteiger partial charge >= 0.3 is 0 Å². The van der Waals surface area contributed by atoms with E-state index in [1.54, 1.807) is 25.3 Å². The Morgan fingerprint density at radius 1 is 1.17 bits per heavy atom. The molecule has 1 saturated carbocycles. The van der Waals surface area contributed by atoms with Gasteiger partial charge in [-0.25, -0.2) is 9.97 Å². The van der Waals surface area contributed by atoms with E-state index in [1.165, 1.54) is 12.7 Å². The van der Waals surface area contributed by atoms with Crippen molar-refractivity contribution in [3.63, 3.8) is 0 Å². The number of nitrogens with one attached hydrogen (secondary N) is 2. The third-order valence-corrected chi connectivity index (χ3v) is 6.20. The minimum absolute atomic E-state index is 0.205. The van der Waals surface area contributed by atoms with Crippen molar-refractivity contribution in [1.82, 2.24) is 15.3 Å². The summed E-state index contributed by atoms with van der Waals surface area (Å²) in [5.74, 6) is 3.06. The molecule has 1 aliphatic carbocycles. The molecule has 2 aromatic carbocycles. The lowest BCUT2D eigenvalue weighted by Gasteiger charge is -2.49. The second kappa shape index (κ2) is 7.63. The Balaban J connectivity index is 1.50. The number of nitrogens with zero attached hydrogens (tertiary/aromatic N) is 3. The number of halogens is 1. The number of aromatic nitrogens is 2. The fraction of sp³-hybridized carbons (Fsp3) is 0.318. The second-order valence-corrected chi connectivity index (χ2v) is 8.08. The fourth-order valence-corrected chi connectivity index (χ4v) is 4.50. The molecule has 152 valence electrons. The molecule has 0 radical (unpaired) electrons. The molecular formula is C22H20ClN5O2. The molecule has 2 bridgehead atoms. The van der Waals surface area contributed by atoms with Crippen molar-refractivity contribution < 1.29 is 9.47 Å². The molecule has 3 aromatic rings. The lowest BCUT2D eigenvalue weighted by atomic mass is 9.69. The molecule has 8 heteroatoms. The van der Waals surface area contributed by atoms with Crippen LogP contribution in [0.2, 0.25) is 5.02 Å². The molecule has 0 amide bonds. The van der Waals surface area contributed by atoms with Crippen LogP contribution in [0.4, 0.5) is 11.5 Å². The van der Waals surface area contributed by atoms with Crippen LogP contribution < -0.4 is 20.1 Å². The molecule has 1 aromatic heterocycles. The summed E-state index contributed by atoms with van der Waals surface area (Å²) in [4.78, 5) is 8.79. The first-order valence-electron chi connectivity index (χ1n) is 9.83. The Bertz CT molecular complexity index is 1150. The van der Waals surface area contributed by atoms with Crippen LogP contribution in [0, 0.1) is 23.2 Å². The number of fused-ring (bicyclic) bond motifs is 3. The highest BCUT2D eigenvalue weighted by atomic mass is 35.5. The first-order chi connectivity index (χ1) is 14.7. The number of anilines is 2. The highest BCUT2D eigenvalue weighted by Gasteiger charge is 2.45. The van der Waals surface area contributed by atoms with Gasteiger partial charge in [-0.3, -0.25) is 0 Å². The first kappa shape index (κ1) is 18.9. The summed E-state index contributed by atoms with van der Waals surface area (Å²) in [7, 11) is 1.64. The lowest BCUT2D eigenvalue weighted by Crippen LogP contribution is -2.59. The molecule has 1 unspecified atom stereocenters. The van der Waals surface area contributed by atoms with Gasteiger partial charge in [-0.2, -0.15) is 5.26 Å². The number of hydrogen-bond donors (Lipinski definition) is 2. The fourth-order valence-electron chi connectivity index (χ4n) is 4.27. The van der Waals surface area contributed by atoms with Gasteiger partial charge < -0.3 is 20.1 Å². The van der Waals surface area contributed by atoms with Gasteiger partial charge in [-0.15, -0.1) is 0 Å². The number of benzene rings is 2. The number of ether oxygens (including phenoxy) is 2. The van der Waals surface area contributed by atoms with E-state index in [4.69, 9.17) is 26.3 Å². The topological polar surface area (TPSA) is 92.1 Å². The van der Waals surface area contributed by atoms with Crippen LogP contribution >= 0.6 is 11.6 Å². The number of nitriles is 1. The molecular weight excluding hydrogens is 402 g/mol. The van der Waals surface area contributed by atoms with Crippen LogP contribution in [0.5, 0.6) is 11.5 Å². The summed E-state index contributed by atoms with van der Waals surface area (Å²) in [6, 6.07) is 11.0. The standard InChI is InChI=1S/C22H20ClN5O2/c1-29-19-7-18-16(6-20(19)30-21-13-4-14(21)10-25-9-13)22(27-11-26-18)28-15-3-2-12(8-24)17(23)5-15/h2-3,5-7,11,13-14,21,25H,4,9-10H2,1H3,(H,26,27,28)/t13-,14+,21?. The van der Waals surface area contributed by atoms with Crippen LogP contribution in [0.25, 0.3) is 10.9 Å². The molecule has 2 heterocycles. The van der Waals surface area contributed by atoms with Crippen molar-refractivity contribution in [3.05, 3.63) is 47.2 Å². The van der Waals surface area contributed by atoms with Gasteiger partial charge in [0, 0.05) is 42.1 Å².